The van der Waals surface area contributed by atoms with Crippen molar-refractivity contribution in [2.24, 2.45) is 11.7 Å². The van der Waals surface area contributed by atoms with E-state index in [9.17, 15) is 9.59 Å². The summed E-state index contributed by atoms with van der Waals surface area (Å²) in [6.45, 7) is 0.851. The highest BCUT2D eigenvalue weighted by molar-refractivity contribution is 5.72. The van der Waals surface area contributed by atoms with Gasteiger partial charge in [-0.2, -0.15) is 0 Å². The predicted octanol–water partition coefficient (Wildman–Crippen LogP) is 1.43. The van der Waals surface area contributed by atoms with E-state index >= 15 is 0 Å². The molecule has 1 aliphatic rings. The summed E-state index contributed by atoms with van der Waals surface area (Å²) in [5.74, 6) is -0.632. The zero-order valence-corrected chi connectivity index (χ0v) is 11.5. The van der Waals surface area contributed by atoms with E-state index in [1.54, 1.807) is 0 Å². The van der Waals surface area contributed by atoms with Crippen molar-refractivity contribution >= 4 is 12.1 Å². The van der Waals surface area contributed by atoms with Gasteiger partial charge in [0.05, 0.1) is 6.61 Å². The molecule has 1 amide bonds. The van der Waals surface area contributed by atoms with Crippen molar-refractivity contribution in [2.45, 2.75) is 31.7 Å². The van der Waals surface area contributed by atoms with Crippen LogP contribution >= 0.6 is 0 Å². The number of ether oxygens (including phenoxy) is 1. The molecule has 0 saturated carbocycles. The molecule has 0 heterocycles. The lowest BCUT2D eigenvalue weighted by molar-refractivity contribution is -0.138. The van der Waals surface area contributed by atoms with Crippen molar-refractivity contribution in [1.82, 2.24) is 5.32 Å². The van der Waals surface area contributed by atoms with Crippen LogP contribution in [-0.2, 0) is 9.53 Å². The van der Waals surface area contributed by atoms with Crippen LogP contribution in [0.5, 0.6) is 0 Å². The number of carboxylic acids is 1. The van der Waals surface area contributed by atoms with Crippen LogP contribution in [0.3, 0.4) is 0 Å². The van der Waals surface area contributed by atoms with Gasteiger partial charge >= 0.3 is 12.1 Å². The maximum absolute atomic E-state index is 11.3. The van der Waals surface area contributed by atoms with Crippen molar-refractivity contribution in [3.63, 3.8) is 0 Å². The van der Waals surface area contributed by atoms with Crippen molar-refractivity contribution in [3.05, 3.63) is 24.3 Å². The number of rotatable bonds is 9. The smallest absolute Gasteiger partial charge is 0.407 e. The molecule has 4 N–H and O–H groups in total. The van der Waals surface area contributed by atoms with Gasteiger partial charge in [0.2, 0.25) is 0 Å². The van der Waals surface area contributed by atoms with Gasteiger partial charge in [-0.15, -0.1) is 0 Å². The van der Waals surface area contributed by atoms with E-state index in [1.165, 1.54) is 0 Å². The standard InChI is InChI=1S/C14H22N2O4/c15-12(13(17)18)7-3-4-9-16-14(19)20-10-8-11-5-1-2-6-11/h1-2,5-6,11-12H,3-4,7-10,15H2,(H,16,19)(H,17,18)/t12-/m0/s1. The first-order valence-electron chi connectivity index (χ1n) is 6.83. The number of unbranched alkanes of at least 4 members (excludes halogenated alkanes) is 1. The van der Waals surface area contributed by atoms with Gasteiger partial charge in [0.25, 0.3) is 0 Å². The normalized spacial score (nSPS) is 15.2. The number of carbonyl (C=O) groups excluding carboxylic acids is 1. The SMILES string of the molecule is N[C@@H](CCCCNC(=O)OCCC1C=CC=C1)C(=O)O. The number of nitrogens with one attached hydrogen (secondary N) is 1. The van der Waals surface area contributed by atoms with Crippen molar-refractivity contribution in [1.29, 1.82) is 0 Å². The molecule has 1 rings (SSSR count). The zero-order valence-electron chi connectivity index (χ0n) is 11.5. The van der Waals surface area contributed by atoms with Gasteiger partial charge in [0.15, 0.2) is 0 Å². The van der Waals surface area contributed by atoms with Gasteiger partial charge in [0, 0.05) is 6.54 Å². The lowest BCUT2D eigenvalue weighted by Crippen LogP contribution is -2.30. The molecule has 0 radical (unpaired) electrons. The zero-order chi connectivity index (χ0) is 14.8. The fourth-order valence-electron chi connectivity index (χ4n) is 1.81. The number of allylic oxidation sites excluding steroid dienone is 4. The molecule has 0 aromatic rings. The number of alkyl carbamates (subject to hydrolysis) is 1. The minimum atomic E-state index is -0.993. The van der Waals surface area contributed by atoms with Crippen LogP contribution in [0.2, 0.25) is 0 Å². The predicted molar refractivity (Wildman–Crippen MR) is 75.2 cm³/mol. The molecule has 6 nitrogen and oxygen atoms in total. The maximum Gasteiger partial charge on any atom is 0.407 e. The van der Waals surface area contributed by atoms with Crippen LogP contribution in [0.4, 0.5) is 4.79 Å². The third kappa shape index (κ3) is 6.94. The molecule has 0 fully saturated rings. The van der Waals surface area contributed by atoms with Crippen LogP contribution in [0, 0.1) is 5.92 Å². The van der Waals surface area contributed by atoms with E-state index in [2.05, 4.69) is 17.5 Å². The minimum Gasteiger partial charge on any atom is -0.480 e. The number of hydrogen-bond acceptors (Lipinski definition) is 4. The molecule has 0 unspecified atom stereocenters. The molecule has 1 aliphatic carbocycles. The molecule has 0 aliphatic heterocycles. The average molecular weight is 282 g/mol. The van der Waals surface area contributed by atoms with Gasteiger partial charge in [-0.25, -0.2) is 4.79 Å². The quantitative estimate of drug-likeness (QED) is 0.555. The van der Waals surface area contributed by atoms with E-state index in [-0.39, 0.29) is 0 Å². The second-order valence-electron chi connectivity index (χ2n) is 4.73. The summed E-state index contributed by atoms with van der Waals surface area (Å²) in [6.07, 6.45) is 10.2. The van der Waals surface area contributed by atoms with Crippen LogP contribution in [0.25, 0.3) is 0 Å². The summed E-state index contributed by atoms with van der Waals surface area (Å²) < 4.78 is 5.03. The fourth-order valence-corrected chi connectivity index (χ4v) is 1.81. The number of carboxylic acid groups (broad SMARTS) is 1. The Balaban J connectivity index is 1.93. The first-order chi connectivity index (χ1) is 9.59. The highest BCUT2D eigenvalue weighted by Gasteiger charge is 2.10. The van der Waals surface area contributed by atoms with E-state index in [1.807, 2.05) is 12.2 Å². The molecule has 1 atom stereocenters. The highest BCUT2D eigenvalue weighted by Crippen LogP contribution is 2.12. The third-order valence-corrected chi connectivity index (χ3v) is 3.04. The van der Waals surface area contributed by atoms with Crippen molar-refractivity contribution in [3.8, 4) is 0 Å². The molecule has 112 valence electrons. The summed E-state index contributed by atoms with van der Waals surface area (Å²) in [7, 11) is 0. The van der Waals surface area contributed by atoms with Gasteiger partial charge in [-0.1, -0.05) is 24.3 Å². The molecular formula is C14H22N2O4. The molecule has 0 spiro atoms. The highest BCUT2D eigenvalue weighted by atomic mass is 16.5. The molecule has 0 saturated heterocycles. The summed E-state index contributed by atoms with van der Waals surface area (Å²) in [6, 6.07) is -0.825. The molecule has 0 bridgehead atoms. The Bertz CT molecular complexity index is 367. The summed E-state index contributed by atoms with van der Waals surface area (Å²) in [5, 5.41) is 11.2. The van der Waals surface area contributed by atoms with Gasteiger partial charge < -0.3 is 20.9 Å². The molecule has 6 heteroatoms. The topological polar surface area (TPSA) is 102 Å². The Morgan fingerprint density at radius 1 is 1.30 bits per heavy atom. The van der Waals surface area contributed by atoms with Crippen molar-refractivity contribution in [2.75, 3.05) is 13.2 Å². The summed E-state index contributed by atoms with van der Waals surface area (Å²) in [4.78, 5) is 21.8. The lowest BCUT2D eigenvalue weighted by atomic mass is 10.1. The van der Waals surface area contributed by atoms with Crippen molar-refractivity contribution < 1.29 is 19.4 Å². The molecule has 0 aromatic heterocycles. The number of amides is 1. The van der Waals surface area contributed by atoms with Crippen LogP contribution < -0.4 is 11.1 Å². The lowest BCUT2D eigenvalue weighted by Gasteiger charge is -2.09. The Kier molecular flexibility index (Phi) is 7.42. The number of aliphatic carboxylic acids is 1. The fraction of sp³-hybridized carbons (Fsp3) is 0.571. The van der Waals surface area contributed by atoms with Crippen LogP contribution in [0.15, 0.2) is 24.3 Å². The van der Waals surface area contributed by atoms with E-state index < -0.39 is 18.1 Å². The third-order valence-electron chi connectivity index (χ3n) is 3.04. The summed E-state index contributed by atoms with van der Waals surface area (Å²) in [5.41, 5.74) is 5.36. The Morgan fingerprint density at radius 3 is 2.65 bits per heavy atom. The Hall–Kier alpha value is -1.82. The van der Waals surface area contributed by atoms with Crippen LogP contribution in [0.1, 0.15) is 25.7 Å². The summed E-state index contributed by atoms with van der Waals surface area (Å²) >= 11 is 0. The average Bonchev–Trinajstić information content (AvgIpc) is 2.91. The monoisotopic (exact) mass is 282 g/mol. The van der Waals surface area contributed by atoms with E-state index in [0.717, 1.165) is 6.42 Å². The first-order valence-corrected chi connectivity index (χ1v) is 6.83. The minimum absolute atomic E-state index is 0.361. The van der Waals surface area contributed by atoms with E-state index in [0.29, 0.717) is 38.3 Å². The number of nitrogens with two attached hydrogens (primary N) is 1. The van der Waals surface area contributed by atoms with Gasteiger partial charge in [-0.05, 0) is 31.6 Å². The van der Waals surface area contributed by atoms with E-state index in [4.69, 9.17) is 15.6 Å². The second-order valence-corrected chi connectivity index (χ2v) is 4.73. The van der Waals surface area contributed by atoms with Crippen LogP contribution in [-0.4, -0.2) is 36.4 Å². The largest absolute Gasteiger partial charge is 0.480 e. The Morgan fingerprint density at radius 2 is 2.00 bits per heavy atom. The van der Waals surface area contributed by atoms with Gasteiger partial charge in [-0.3, -0.25) is 4.79 Å². The van der Waals surface area contributed by atoms with Gasteiger partial charge in [0.1, 0.15) is 6.04 Å². The Labute approximate surface area is 118 Å². The maximum atomic E-state index is 11.3. The number of carbonyl (C=O) groups is 2. The second kappa shape index (κ2) is 9.14. The first kappa shape index (κ1) is 16.2. The molecule has 20 heavy (non-hydrogen) atoms. The molecule has 0 aromatic carbocycles. The molecular weight excluding hydrogens is 260 g/mol. The number of hydrogen-bond donors (Lipinski definition) is 3.